The van der Waals surface area contributed by atoms with Gasteiger partial charge in [0.15, 0.2) is 0 Å². The van der Waals surface area contributed by atoms with Gasteiger partial charge in [-0.25, -0.2) is 0 Å². The van der Waals surface area contributed by atoms with Gasteiger partial charge in [0.25, 0.3) is 0 Å². The van der Waals surface area contributed by atoms with Crippen LogP contribution in [0.25, 0.3) is 0 Å². The first kappa shape index (κ1) is 32.7. The Morgan fingerprint density at radius 3 is 1.55 bits per heavy atom. The van der Waals surface area contributed by atoms with Crippen molar-refractivity contribution in [3.05, 3.63) is 173 Å². The van der Waals surface area contributed by atoms with Gasteiger partial charge in [-0.3, -0.25) is 4.90 Å². The maximum atomic E-state index is 12.9. The van der Waals surface area contributed by atoms with Crippen LogP contribution in [-0.4, -0.2) is 41.4 Å². The molecule has 6 rings (SSSR count). The van der Waals surface area contributed by atoms with Crippen LogP contribution in [0, 0.1) is 5.41 Å². The smallest absolute Gasteiger partial charge is 0.144 e. The highest BCUT2D eigenvalue weighted by Gasteiger charge is 2.58. The zero-order chi connectivity index (χ0) is 33.1. The average Bonchev–Trinajstić information content (AvgIpc) is 3.10. The first-order valence-corrected chi connectivity index (χ1v) is 16.6. The molecular formula is C43H47NO3. The van der Waals surface area contributed by atoms with Gasteiger partial charge >= 0.3 is 0 Å². The van der Waals surface area contributed by atoms with Gasteiger partial charge in [-0.2, -0.15) is 0 Å². The van der Waals surface area contributed by atoms with Crippen molar-refractivity contribution in [1.29, 1.82) is 0 Å². The third-order valence-electron chi connectivity index (χ3n) is 10.5. The summed E-state index contributed by atoms with van der Waals surface area (Å²) in [7, 11) is 1.68. The van der Waals surface area contributed by atoms with E-state index in [0.29, 0.717) is 13.1 Å². The molecule has 1 saturated heterocycles. The van der Waals surface area contributed by atoms with Crippen LogP contribution in [0.5, 0.6) is 5.75 Å². The van der Waals surface area contributed by atoms with Crippen molar-refractivity contribution in [2.24, 2.45) is 5.41 Å². The molecule has 1 heterocycles. The summed E-state index contributed by atoms with van der Waals surface area (Å²) in [5.74, 6) is 0.459. The van der Waals surface area contributed by atoms with E-state index in [0.717, 1.165) is 28.0 Å². The number of benzene rings is 5. The van der Waals surface area contributed by atoms with Crippen molar-refractivity contribution in [1.82, 2.24) is 4.90 Å². The summed E-state index contributed by atoms with van der Waals surface area (Å²) in [6.45, 7) is 10.3. The van der Waals surface area contributed by atoms with Crippen LogP contribution in [-0.2, 0) is 16.9 Å². The molecule has 4 unspecified atom stereocenters. The second-order valence-electron chi connectivity index (χ2n) is 13.9. The molecule has 1 N–H and O–H groups in total. The highest BCUT2D eigenvalue weighted by atomic mass is 16.5. The SMILES string of the molecule is COc1ccc(C2C(OC(c3ccccc3)(c3ccccc3)c3ccccc3)CN(Cc3ccccc3)C(C)(C(C)(C)C)C2O)cc1. The lowest BCUT2D eigenvalue weighted by atomic mass is 9.62. The first-order valence-electron chi connectivity index (χ1n) is 16.6. The fourth-order valence-electron chi connectivity index (χ4n) is 7.49. The van der Waals surface area contributed by atoms with Crippen LogP contribution in [0.1, 0.15) is 61.4 Å². The third kappa shape index (κ3) is 6.14. The summed E-state index contributed by atoms with van der Waals surface area (Å²) in [4.78, 5) is 2.46. The number of aliphatic hydroxyl groups excluding tert-OH is 1. The Bertz CT molecular complexity index is 1610. The number of nitrogens with zero attached hydrogens (tertiary/aromatic N) is 1. The van der Waals surface area contributed by atoms with Crippen molar-refractivity contribution in [3.63, 3.8) is 0 Å². The predicted molar refractivity (Wildman–Crippen MR) is 191 cm³/mol. The molecule has 0 radical (unpaired) electrons. The summed E-state index contributed by atoms with van der Waals surface area (Å²) in [5.41, 5.74) is 3.58. The Morgan fingerprint density at radius 2 is 1.13 bits per heavy atom. The standard InChI is InChI=1S/C43H47NO3/c1-41(2,3)42(4)40(45)39(33-26-28-37(46-5)29-27-33)38(31-44(42)30-32-18-10-6-11-19-32)47-43(34-20-12-7-13-21-34,35-22-14-8-15-23-35)36-24-16-9-17-25-36/h6-29,38-40,45H,30-31H2,1-5H3. The first-order chi connectivity index (χ1) is 22.7. The number of ether oxygens (including phenoxy) is 2. The Balaban J connectivity index is 1.58. The second-order valence-corrected chi connectivity index (χ2v) is 13.9. The topological polar surface area (TPSA) is 41.9 Å². The van der Waals surface area contributed by atoms with Crippen LogP contribution in [0.3, 0.4) is 0 Å². The van der Waals surface area contributed by atoms with Gasteiger partial charge in [-0.15, -0.1) is 0 Å². The van der Waals surface area contributed by atoms with Gasteiger partial charge in [0, 0.05) is 24.5 Å². The molecule has 5 aromatic rings. The number of likely N-dealkylation sites (tertiary alicyclic amines) is 1. The molecule has 0 amide bonds. The van der Waals surface area contributed by atoms with Crippen LogP contribution in [0.4, 0.5) is 0 Å². The number of hydrogen-bond acceptors (Lipinski definition) is 4. The van der Waals surface area contributed by atoms with E-state index < -0.39 is 23.3 Å². The molecule has 0 aromatic heterocycles. The predicted octanol–water partition coefficient (Wildman–Crippen LogP) is 8.84. The molecule has 5 aromatic carbocycles. The lowest BCUT2D eigenvalue weighted by molar-refractivity contribution is -0.190. The summed E-state index contributed by atoms with van der Waals surface area (Å²) in [6.07, 6.45) is -1.14. The number of rotatable bonds is 9. The lowest BCUT2D eigenvalue weighted by Crippen LogP contribution is -2.70. The Kier molecular flexibility index (Phi) is 9.39. The number of aliphatic hydroxyl groups is 1. The van der Waals surface area contributed by atoms with Crippen LogP contribution >= 0.6 is 0 Å². The van der Waals surface area contributed by atoms with E-state index in [9.17, 15) is 5.11 Å². The van der Waals surface area contributed by atoms with Crippen molar-refractivity contribution in [2.45, 2.75) is 63.5 Å². The third-order valence-corrected chi connectivity index (χ3v) is 10.5. The quantitative estimate of drug-likeness (QED) is 0.166. The molecule has 242 valence electrons. The van der Waals surface area contributed by atoms with Crippen LogP contribution in [0.2, 0.25) is 0 Å². The zero-order valence-electron chi connectivity index (χ0n) is 28.2. The van der Waals surface area contributed by atoms with E-state index in [1.165, 1.54) is 5.56 Å². The minimum absolute atomic E-state index is 0.258. The highest BCUT2D eigenvalue weighted by molar-refractivity contribution is 5.48. The van der Waals surface area contributed by atoms with E-state index in [1.807, 2.05) is 30.3 Å². The molecular weight excluding hydrogens is 578 g/mol. The number of hydrogen-bond donors (Lipinski definition) is 1. The average molecular weight is 626 g/mol. The van der Waals surface area contributed by atoms with E-state index in [4.69, 9.17) is 9.47 Å². The van der Waals surface area contributed by atoms with Gasteiger partial charge in [-0.1, -0.05) is 154 Å². The molecule has 4 atom stereocenters. The van der Waals surface area contributed by atoms with Gasteiger partial charge in [0.2, 0.25) is 0 Å². The molecule has 0 saturated carbocycles. The Morgan fingerprint density at radius 1 is 0.681 bits per heavy atom. The van der Waals surface area contributed by atoms with Crippen LogP contribution in [0.15, 0.2) is 146 Å². The summed E-state index contributed by atoms with van der Waals surface area (Å²) in [6, 6.07) is 50.3. The number of methoxy groups -OCH3 is 1. The van der Waals surface area contributed by atoms with Gasteiger partial charge in [0.05, 0.1) is 19.3 Å². The highest BCUT2D eigenvalue weighted by Crippen LogP contribution is 2.51. The monoisotopic (exact) mass is 625 g/mol. The van der Waals surface area contributed by atoms with Crippen molar-refractivity contribution < 1.29 is 14.6 Å². The summed E-state index contributed by atoms with van der Waals surface area (Å²) in [5, 5.41) is 12.9. The Hall–Kier alpha value is -4.22. The molecule has 1 aliphatic rings. The van der Waals surface area contributed by atoms with Crippen molar-refractivity contribution in [2.75, 3.05) is 13.7 Å². The maximum Gasteiger partial charge on any atom is 0.144 e. The zero-order valence-corrected chi connectivity index (χ0v) is 28.2. The summed E-state index contributed by atoms with van der Waals surface area (Å²) >= 11 is 0. The van der Waals surface area contributed by atoms with Gasteiger partial charge in [-0.05, 0) is 52.3 Å². The fourth-order valence-corrected chi connectivity index (χ4v) is 7.49. The normalized spacial score (nSPS) is 22.1. The second kappa shape index (κ2) is 13.5. The van der Waals surface area contributed by atoms with E-state index in [1.54, 1.807) is 7.11 Å². The molecule has 47 heavy (non-hydrogen) atoms. The molecule has 4 nitrogen and oxygen atoms in total. The van der Waals surface area contributed by atoms with Gasteiger partial charge in [0.1, 0.15) is 11.4 Å². The molecule has 4 heteroatoms. The lowest BCUT2D eigenvalue weighted by Gasteiger charge is -2.60. The minimum atomic E-state index is -0.938. The van der Waals surface area contributed by atoms with Crippen molar-refractivity contribution >= 4 is 0 Å². The molecule has 0 bridgehead atoms. The fraction of sp³-hybridized carbons (Fsp3) is 0.302. The molecule has 1 aliphatic heterocycles. The van der Waals surface area contributed by atoms with Crippen LogP contribution < -0.4 is 4.74 Å². The van der Waals surface area contributed by atoms with E-state index >= 15 is 0 Å². The maximum absolute atomic E-state index is 12.9. The van der Waals surface area contributed by atoms with E-state index in [2.05, 4.69) is 148 Å². The minimum Gasteiger partial charge on any atom is -0.497 e. The van der Waals surface area contributed by atoms with Crippen molar-refractivity contribution in [3.8, 4) is 5.75 Å². The molecule has 0 spiro atoms. The largest absolute Gasteiger partial charge is 0.497 e. The Labute approximate surface area is 280 Å². The van der Waals surface area contributed by atoms with Gasteiger partial charge < -0.3 is 14.6 Å². The summed E-state index contributed by atoms with van der Waals surface area (Å²) < 4.78 is 13.3. The van der Waals surface area contributed by atoms with E-state index in [-0.39, 0.29) is 11.3 Å². The molecule has 0 aliphatic carbocycles. The number of piperidine rings is 1. The molecule has 1 fully saturated rings.